The lowest BCUT2D eigenvalue weighted by atomic mass is 9.84. The average Bonchev–Trinajstić information content (AvgIpc) is 2.99. The summed E-state index contributed by atoms with van der Waals surface area (Å²) in [7, 11) is 0. The fraction of sp³-hybridized carbons (Fsp3) is 0. The molecule has 0 saturated carbocycles. The van der Waals surface area contributed by atoms with Gasteiger partial charge >= 0.3 is 0 Å². The monoisotopic (exact) mass is 480 g/mol. The summed E-state index contributed by atoms with van der Waals surface area (Å²) in [4.78, 5) is 0. The van der Waals surface area contributed by atoms with E-state index < -0.39 is 0 Å². The molecule has 176 valence electrons. The van der Waals surface area contributed by atoms with E-state index >= 15 is 0 Å². The van der Waals surface area contributed by atoms with E-state index in [4.69, 9.17) is 0 Å². The fourth-order valence-electron chi connectivity index (χ4n) is 6.33. The van der Waals surface area contributed by atoms with Crippen LogP contribution in [0, 0.1) is 0 Å². The Morgan fingerprint density at radius 2 is 0.789 bits per heavy atom. The zero-order chi connectivity index (χ0) is 25.1. The Labute approximate surface area is 221 Å². The minimum Gasteiger partial charge on any atom is -0.0616 e. The Kier molecular flexibility index (Phi) is 4.62. The van der Waals surface area contributed by atoms with Gasteiger partial charge in [-0.1, -0.05) is 140 Å². The summed E-state index contributed by atoms with van der Waals surface area (Å²) in [6.07, 6.45) is 0. The molecule has 0 aliphatic heterocycles. The van der Waals surface area contributed by atoms with Crippen molar-refractivity contribution in [3.05, 3.63) is 146 Å². The Morgan fingerprint density at radius 3 is 1.50 bits per heavy atom. The minimum absolute atomic E-state index is 1.26. The number of hydrogen-bond acceptors (Lipinski definition) is 0. The van der Waals surface area contributed by atoms with E-state index in [2.05, 4.69) is 146 Å². The first kappa shape index (κ1) is 21.2. The van der Waals surface area contributed by atoms with Gasteiger partial charge in [0, 0.05) is 0 Å². The third-order valence-electron chi connectivity index (χ3n) is 8.03. The maximum Gasteiger partial charge on any atom is -0.00201 e. The molecule has 0 aliphatic rings. The Hall–Kier alpha value is -4.94. The molecule has 8 rings (SSSR count). The zero-order valence-corrected chi connectivity index (χ0v) is 20.9. The minimum atomic E-state index is 1.26. The summed E-state index contributed by atoms with van der Waals surface area (Å²) in [6.45, 7) is 0. The van der Waals surface area contributed by atoms with Crippen LogP contribution in [0.5, 0.6) is 0 Å². The number of rotatable bonds is 2. The van der Waals surface area contributed by atoms with Crippen molar-refractivity contribution in [3.63, 3.8) is 0 Å². The molecule has 0 saturated heterocycles. The SMILES string of the molecule is c1ccc2cc(-c3c4ccccc4c(-c4cccc5c4ccc4ccccc45)c4ccccc34)ccc2c1. The van der Waals surface area contributed by atoms with E-state index in [1.54, 1.807) is 0 Å². The van der Waals surface area contributed by atoms with Crippen LogP contribution in [-0.4, -0.2) is 0 Å². The van der Waals surface area contributed by atoms with Crippen LogP contribution in [0.15, 0.2) is 146 Å². The molecular formula is C38H24. The van der Waals surface area contributed by atoms with Crippen molar-refractivity contribution in [3.8, 4) is 22.3 Å². The van der Waals surface area contributed by atoms with E-state index in [9.17, 15) is 0 Å². The van der Waals surface area contributed by atoms with Gasteiger partial charge in [0.2, 0.25) is 0 Å². The van der Waals surface area contributed by atoms with E-state index in [0.29, 0.717) is 0 Å². The Bertz CT molecular complexity index is 2130. The van der Waals surface area contributed by atoms with Crippen molar-refractivity contribution < 1.29 is 0 Å². The van der Waals surface area contributed by atoms with E-state index in [1.807, 2.05) is 0 Å². The van der Waals surface area contributed by atoms with Crippen LogP contribution >= 0.6 is 0 Å². The highest BCUT2D eigenvalue weighted by Gasteiger charge is 2.18. The summed E-state index contributed by atoms with van der Waals surface area (Å²) in [5.74, 6) is 0. The molecule has 0 atom stereocenters. The van der Waals surface area contributed by atoms with Gasteiger partial charge in [0.1, 0.15) is 0 Å². The second-order valence-corrected chi connectivity index (χ2v) is 10.1. The summed E-state index contributed by atoms with van der Waals surface area (Å²) in [6, 6.07) is 53.3. The molecule has 0 N–H and O–H groups in total. The average molecular weight is 481 g/mol. The first-order chi connectivity index (χ1) is 18.9. The number of fused-ring (bicyclic) bond motifs is 6. The lowest BCUT2D eigenvalue weighted by Crippen LogP contribution is -1.92. The molecule has 8 aromatic carbocycles. The molecule has 0 heterocycles. The van der Waals surface area contributed by atoms with Gasteiger partial charge < -0.3 is 0 Å². The van der Waals surface area contributed by atoms with Gasteiger partial charge in [-0.3, -0.25) is 0 Å². The summed E-state index contributed by atoms with van der Waals surface area (Å²) < 4.78 is 0. The van der Waals surface area contributed by atoms with E-state index in [0.717, 1.165) is 0 Å². The van der Waals surface area contributed by atoms with Gasteiger partial charge in [0.05, 0.1) is 0 Å². The summed E-state index contributed by atoms with van der Waals surface area (Å²) in [5.41, 5.74) is 5.15. The summed E-state index contributed by atoms with van der Waals surface area (Å²) >= 11 is 0. The molecule has 0 nitrogen and oxygen atoms in total. The molecule has 0 aromatic heterocycles. The molecular weight excluding hydrogens is 456 g/mol. The second kappa shape index (κ2) is 8.30. The van der Waals surface area contributed by atoms with Crippen LogP contribution in [0.3, 0.4) is 0 Å². The molecule has 38 heavy (non-hydrogen) atoms. The van der Waals surface area contributed by atoms with Gasteiger partial charge in [0.25, 0.3) is 0 Å². The van der Waals surface area contributed by atoms with Crippen LogP contribution in [-0.2, 0) is 0 Å². The third kappa shape index (κ3) is 3.11. The van der Waals surface area contributed by atoms with Crippen molar-refractivity contribution in [2.75, 3.05) is 0 Å². The standard InChI is InChI=1S/C38H24/c1-2-12-27-24-28(21-20-25(27)10-1)37-33-14-5-7-16-35(33)38(36-17-8-6-15-34(36)37)32-19-9-18-30-29-13-4-3-11-26(29)22-23-31(30)32/h1-24H. The third-order valence-corrected chi connectivity index (χ3v) is 8.03. The number of benzene rings is 8. The molecule has 0 heteroatoms. The van der Waals surface area contributed by atoms with Gasteiger partial charge in [-0.15, -0.1) is 0 Å². The van der Waals surface area contributed by atoms with Crippen molar-refractivity contribution in [2.24, 2.45) is 0 Å². The summed E-state index contributed by atoms with van der Waals surface area (Å²) in [5, 5.41) is 12.8. The molecule has 0 spiro atoms. The predicted octanol–water partition coefficient (Wildman–Crippen LogP) is 10.8. The van der Waals surface area contributed by atoms with E-state index in [1.165, 1.54) is 76.1 Å². The molecule has 0 amide bonds. The van der Waals surface area contributed by atoms with Crippen LogP contribution in [0.4, 0.5) is 0 Å². The first-order valence-corrected chi connectivity index (χ1v) is 13.2. The highest BCUT2D eigenvalue weighted by molar-refractivity contribution is 6.25. The van der Waals surface area contributed by atoms with Crippen LogP contribution in [0.1, 0.15) is 0 Å². The quantitative estimate of drug-likeness (QED) is 0.170. The van der Waals surface area contributed by atoms with Crippen LogP contribution in [0.2, 0.25) is 0 Å². The van der Waals surface area contributed by atoms with Crippen LogP contribution < -0.4 is 0 Å². The Balaban J connectivity index is 1.52. The second-order valence-electron chi connectivity index (χ2n) is 10.1. The van der Waals surface area contributed by atoms with Crippen molar-refractivity contribution in [2.45, 2.75) is 0 Å². The smallest absolute Gasteiger partial charge is 0.00201 e. The molecule has 0 bridgehead atoms. The lowest BCUT2D eigenvalue weighted by Gasteiger charge is -2.19. The van der Waals surface area contributed by atoms with Crippen molar-refractivity contribution in [1.29, 1.82) is 0 Å². The number of hydrogen-bond donors (Lipinski definition) is 0. The van der Waals surface area contributed by atoms with E-state index in [-0.39, 0.29) is 0 Å². The topological polar surface area (TPSA) is 0 Å². The highest BCUT2D eigenvalue weighted by Crippen LogP contribution is 2.46. The Morgan fingerprint density at radius 1 is 0.263 bits per heavy atom. The van der Waals surface area contributed by atoms with Gasteiger partial charge in [0.15, 0.2) is 0 Å². The molecule has 0 fully saturated rings. The highest BCUT2D eigenvalue weighted by atomic mass is 14.2. The van der Waals surface area contributed by atoms with Crippen molar-refractivity contribution >= 4 is 53.9 Å². The van der Waals surface area contributed by atoms with Crippen LogP contribution in [0.25, 0.3) is 76.1 Å². The molecule has 8 aromatic rings. The molecule has 0 radical (unpaired) electrons. The maximum absolute atomic E-state index is 2.34. The normalized spacial score (nSPS) is 11.7. The largest absolute Gasteiger partial charge is 0.0616 e. The molecule has 0 aliphatic carbocycles. The lowest BCUT2D eigenvalue weighted by molar-refractivity contribution is 1.68. The zero-order valence-electron chi connectivity index (χ0n) is 20.9. The van der Waals surface area contributed by atoms with Crippen molar-refractivity contribution in [1.82, 2.24) is 0 Å². The molecule has 0 unspecified atom stereocenters. The predicted molar refractivity (Wildman–Crippen MR) is 165 cm³/mol. The first-order valence-electron chi connectivity index (χ1n) is 13.2. The van der Waals surface area contributed by atoms with Gasteiger partial charge in [-0.05, 0) is 82.2 Å². The maximum atomic E-state index is 2.34. The van der Waals surface area contributed by atoms with Gasteiger partial charge in [-0.2, -0.15) is 0 Å². The fourth-order valence-corrected chi connectivity index (χ4v) is 6.33. The van der Waals surface area contributed by atoms with Gasteiger partial charge in [-0.25, -0.2) is 0 Å².